The first kappa shape index (κ1) is 15.5. The summed E-state index contributed by atoms with van der Waals surface area (Å²) in [5.74, 6) is -0.231. The highest BCUT2D eigenvalue weighted by Gasteiger charge is 2.23. The Morgan fingerprint density at radius 2 is 1.95 bits per heavy atom. The van der Waals surface area contributed by atoms with Crippen LogP contribution in [0, 0.1) is 12.8 Å². The molecule has 1 heterocycles. The number of aryl methyl sites for hydroxylation is 1. The fourth-order valence-corrected chi connectivity index (χ4v) is 2.64. The highest BCUT2D eigenvalue weighted by atomic mass is 16.2. The van der Waals surface area contributed by atoms with Gasteiger partial charge in [0.1, 0.15) is 0 Å². The summed E-state index contributed by atoms with van der Waals surface area (Å²) in [4.78, 5) is 25.1. The summed E-state index contributed by atoms with van der Waals surface area (Å²) in [5, 5.41) is 2.95. The molecule has 0 saturated carbocycles. The Morgan fingerprint density at radius 3 is 2.57 bits per heavy atom. The first-order valence-corrected chi connectivity index (χ1v) is 7.39. The number of piperidine rings is 1. The molecule has 0 bridgehead atoms. The minimum Gasteiger partial charge on any atom is -0.369 e. The van der Waals surface area contributed by atoms with Gasteiger partial charge in [-0.25, -0.2) is 0 Å². The van der Waals surface area contributed by atoms with E-state index in [1.165, 1.54) is 5.56 Å². The van der Waals surface area contributed by atoms with Gasteiger partial charge in [0.15, 0.2) is 0 Å². The second-order valence-corrected chi connectivity index (χ2v) is 5.66. The first-order valence-electron chi connectivity index (χ1n) is 7.39. The Kier molecular flexibility index (Phi) is 5.33. The molecule has 1 aromatic carbocycles. The van der Waals surface area contributed by atoms with E-state index in [2.05, 4.69) is 10.2 Å². The van der Waals surface area contributed by atoms with E-state index in [0.717, 1.165) is 31.5 Å². The zero-order valence-electron chi connectivity index (χ0n) is 12.5. The van der Waals surface area contributed by atoms with E-state index in [1.54, 1.807) is 0 Å². The fourth-order valence-electron chi connectivity index (χ4n) is 2.64. The predicted molar refractivity (Wildman–Crippen MR) is 81.4 cm³/mol. The molecular weight excluding hydrogens is 266 g/mol. The van der Waals surface area contributed by atoms with Gasteiger partial charge in [0.2, 0.25) is 11.8 Å². The molecule has 2 rings (SSSR count). The average molecular weight is 289 g/mol. The number of rotatable bonds is 5. The van der Waals surface area contributed by atoms with Crippen LogP contribution >= 0.6 is 0 Å². The van der Waals surface area contributed by atoms with Crippen molar-refractivity contribution in [2.75, 3.05) is 19.6 Å². The number of hydrogen-bond donors (Lipinski definition) is 2. The Morgan fingerprint density at radius 1 is 1.29 bits per heavy atom. The van der Waals surface area contributed by atoms with Crippen LogP contribution in [0.25, 0.3) is 0 Å². The third-order valence-corrected chi connectivity index (χ3v) is 4.09. The molecule has 0 unspecified atom stereocenters. The van der Waals surface area contributed by atoms with Gasteiger partial charge in [-0.15, -0.1) is 0 Å². The third-order valence-electron chi connectivity index (χ3n) is 4.09. The zero-order valence-corrected chi connectivity index (χ0v) is 12.5. The molecule has 1 fully saturated rings. The summed E-state index contributed by atoms with van der Waals surface area (Å²) < 4.78 is 0. The lowest BCUT2D eigenvalue weighted by atomic mass is 9.96. The van der Waals surface area contributed by atoms with Crippen molar-refractivity contribution < 1.29 is 9.59 Å². The maximum absolute atomic E-state index is 12.0. The van der Waals surface area contributed by atoms with Crippen molar-refractivity contribution in [1.82, 2.24) is 10.2 Å². The van der Waals surface area contributed by atoms with Crippen LogP contribution in [0.4, 0.5) is 0 Å². The highest BCUT2D eigenvalue weighted by Crippen LogP contribution is 2.16. The number of likely N-dealkylation sites (tertiary alicyclic amines) is 1. The molecule has 3 N–H and O–H groups in total. The largest absolute Gasteiger partial charge is 0.369 e. The lowest BCUT2D eigenvalue weighted by Gasteiger charge is -2.29. The summed E-state index contributed by atoms with van der Waals surface area (Å²) >= 11 is 0. The predicted octanol–water partition coefficient (Wildman–Crippen LogP) is 0.809. The van der Waals surface area contributed by atoms with E-state index in [9.17, 15) is 9.59 Å². The van der Waals surface area contributed by atoms with E-state index in [0.29, 0.717) is 13.1 Å². The fraction of sp³-hybridized carbons (Fsp3) is 0.500. The van der Waals surface area contributed by atoms with Crippen molar-refractivity contribution in [2.45, 2.75) is 26.3 Å². The maximum Gasteiger partial charge on any atom is 0.234 e. The van der Waals surface area contributed by atoms with Crippen molar-refractivity contribution in [3.05, 3.63) is 35.4 Å². The Hall–Kier alpha value is -1.88. The molecule has 0 aromatic heterocycles. The number of carbonyl (C=O) groups excluding carboxylic acids is 2. The van der Waals surface area contributed by atoms with Crippen LogP contribution in [0.5, 0.6) is 0 Å². The third kappa shape index (κ3) is 4.56. The number of nitrogens with two attached hydrogens (primary N) is 1. The Bertz CT molecular complexity index is 508. The second-order valence-electron chi connectivity index (χ2n) is 5.66. The normalized spacial score (nSPS) is 16.6. The molecule has 1 aromatic rings. The van der Waals surface area contributed by atoms with Crippen LogP contribution < -0.4 is 11.1 Å². The molecule has 114 valence electrons. The van der Waals surface area contributed by atoms with Crippen molar-refractivity contribution in [3.63, 3.8) is 0 Å². The second kappa shape index (κ2) is 7.22. The molecule has 0 atom stereocenters. The number of nitrogens with one attached hydrogen (secondary N) is 1. The first-order chi connectivity index (χ1) is 10.1. The molecule has 5 nitrogen and oxygen atoms in total. The van der Waals surface area contributed by atoms with Gasteiger partial charge in [0.25, 0.3) is 0 Å². The molecule has 1 aliphatic heterocycles. The molecule has 1 saturated heterocycles. The monoisotopic (exact) mass is 289 g/mol. The van der Waals surface area contributed by atoms with Gasteiger partial charge in [-0.1, -0.05) is 24.3 Å². The highest BCUT2D eigenvalue weighted by molar-refractivity contribution is 5.78. The van der Waals surface area contributed by atoms with Gasteiger partial charge in [0, 0.05) is 12.5 Å². The van der Waals surface area contributed by atoms with Crippen molar-refractivity contribution in [2.24, 2.45) is 11.7 Å². The SMILES string of the molecule is Cc1ccccc1CNC(=O)CN1CCC(C(N)=O)CC1. The molecule has 0 aliphatic carbocycles. The van der Waals surface area contributed by atoms with E-state index in [-0.39, 0.29) is 17.7 Å². The van der Waals surface area contributed by atoms with Gasteiger partial charge in [0.05, 0.1) is 6.54 Å². The van der Waals surface area contributed by atoms with E-state index < -0.39 is 0 Å². The van der Waals surface area contributed by atoms with E-state index in [4.69, 9.17) is 5.73 Å². The molecule has 21 heavy (non-hydrogen) atoms. The van der Waals surface area contributed by atoms with Crippen LogP contribution in [0.1, 0.15) is 24.0 Å². The number of benzene rings is 1. The van der Waals surface area contributed by atoms with Gasteiger partial charge in [-0.3, -0.25) is 14.5 Å². The minimum absolute atomic E-state index is 0.0239. The number of nitrogens with zero attached hydrogens (tertiary/aromatic N) is 1. The van der Waals surface area contributed by atoms with Crippen molar-refractivity contribution in [1.29, 1.82) is 0 Å². The smallest absolute Gasteiger partial charge is 0.234 e. The molecule has 0 spiro atoms. The van der Waals surface area contributed by atoms with Crippen LogP contribution in [0.2, 0.25) is 0 Å². The average Bonchev–Trinajstić information content (AvgIpc) is 2.47. The summed E-state index contributed by atoms with van der Waals surface area (Å²) in [5.41, 5.74) is 7.62. The van der Waals surface area contributed by atoms with E-state index >= 15 is 0 Å². The van der Waals surface area contributed by atoms with Crippen molar-refractivity contribution in [3.8, 4) is 0 Å². The topological polar surface area (TPSA) is 75.4 Å². The molecule has 5 heteroatoms. The van der Waals surface area contributed by atoms with Crippen LogP contribution in [-0.4, -0.2) is 36.3 Å². The van der Waals surface area contributed by atoms with E-state index in [1.807, 2.05) is 31.2 Å². The molecule has 0 radical (unpaired) electrons. The minimum atomic E-state index is -0.223. The summed E-state index contributed by atoms with van der Waals surface area (Å²) in [6.45, 7) is 4.49. The van der Waals surface area contributed by atoms with Crippen LogP contribution in [0.3, 0.4) is 0 Å². The zero-order chi connectivity index (χ0) is 15.2. The number of carbonyl (C=O) groups is 2. The molecule has 2 amide bonds. The number of hydrogen-bond acceptors (Lipinski definition) is 3. The standard InChI is InChI=1S/C16H23N3O2/c1-12-4-2-3-5-14(12)10-18-15(20)11-19-8-6-13(7-9-19)16(17)21/h2-5,13H,6-11H2,1H3,(H2,17,21)(H,18,20). The lowest BCUT2D eigenvalue weighted by molar-refractivity contribution is -0.124. The summed E-state index contributed by atoms with van der Waals surface area (Å²) in [7, 11) is 0. The summed E-state index contributed by atoms with van der Waals surface area (Å²) in [6.07, 6.45) is 1.50. The quantitative estimate of drug-likeness (QED) is 0.842. The molecular formula is C16H23N3O2. The van der Waals surface area contributed by atoms with Crippen molar-refractivity contribution >= 4 is 11.8 Å². The lowest BCUT2D eigenvalue weighted by Crippen LogP contribution is -2.43. The van der Waals surface area contributed by atoms with Gasteiger partial charge >= 0.3 is 0 Å². The Labute approximate surface area is 125 Å². The number of amides is 2. The van der Waals surface area contributed by atoms with Crippen LogP contribution in [0.15, 0.2) is 24.3 Å². The van der Waals surface area contributed by atoms with Gasteiger partial charge in [-0.05, 0) is 44.0 Å². The van der Waals surface area contributed by atoms with Gasteiger partial charge in [-0.2, -0.15) is 0 Å². The van der Waals surface area contributed by atoms with Gasteiger partial charge < -0.3 is 11.1 Å². The summed E-state index contributed by atoms with van der Waals surface area (Å²) in [6, 6.07) is 8.02. The number of primary amides is 1. The molecule has 1 aliphatic rings. The van der Waals surface area contributed by atoms with Crippen LogP contribution in [-0.2, 0) is 16.1 Å². The Balaban J connectivity index is 1.73. The maximum atomic E-state index is 12.0.